The Kier molecular flexibility index (Phi) is 8.02. The van der Waals surface area contributed by atoms with Gasteiger partial charge in [0.25, 0.3) is 0 Å². The molecule has 1 unspecified atom stereocenters. The fourth-order valence-corrected chi connectivity index (χ4v) is 2.24. The quantitative estimate of drug-likeness (QED) is 0.563. The van der Waals surface area contributed by atoms with E-state index in [9.17, 15) is 9.59 Å². The lowest BCUT2D eigenvalue weighted by Crippen LogP contribution is -2.38. The summed E-state index contributed by atoms with van der Waals surface area (Å²) >= 11 is 0. The highest BCUT2D eigenvalue weighted by Crippen LogP contribution is 2.20. The molecule has 0 heterocycles. The predicted octanol–water partition coefficient (Wildman–Crippen LogP) is 1.75. The number of hydrogen-bond donors (Lipinski definition) is 3. The normalized spacial score (nSPS) is 16.9. The molecule has 1 saturated carbocycles. The molecule has 2 amide bonds. The first-order valence-electron chi connectivity index (χ1n) is 7.45. The molecule has 0 aliphatic heterocycles. The lowest BCUT2D eigenvalue weighted by Gasteiger charge is -2.12. The maximum Gasteiger partial charge on any atom is 0.314 e. The van der Waals surface area contributed by atoms with Crippen LogP contribution in [0.5, 0.6) is 0 Å². The smallest absolute Gasteiger partial charge is 0.314 e. The molecule has 1 aliphatic carbocycles. The number of aliphatic carboxylic acids is 1. The summed E-state index contributed by atoms with van der Waals surface area (Å²) in [5.41, 5.74) is 0. The van der Waals surface area contributed by atoms with Gasteiger partial charge in [-0.25, -0.2) is 4.79 Å². The van der Waals surface area contributed by atoms with Gasteiger partial charge in [0.15, 0.2) is 0 Å². The molecule has 1 fully saturated rings. The third kappa shape index (κ3) is 7.33. The molecule has 0 aromatic carbocycles. The van der Waals surface area contributed by atoms with E-state index in [0.717, 1.165) is 12.8 Å². The fraction of sp³-hybridized carbons (Fsp3) is 0.857. The Morgan fingerprint density at radius 3 is 2.55 bits per heavy atom. The van der Waals surface area contributed by atoms with E-state index < -0.39 is 5.97 Å². The van der Waals surface area contributed by atoms with Crippen LogP contribution in [0.1, 0.15) is 45.4 Å². The fourth-order valence-electron chi connectivity index (χ4n) is 2.24. The van der Waals surface area contributed by atoms with E-state index in [1.165, 1.54) is 12.8 Å². The first-order chi connectivity index (χ1) is 9.59. The van der Waals surface area contributed by atoms with Crippen LogP contribution in [0.2, 0.25) is 0 Å². The van der Waals surface area contributed by atoms with E-state index >= 15 is 0 Å². The molecule has 6 heteroatoms. The zero-order valence-electron chi connectivity index (χ0n) is 12.2. The maximum absolute atomic E-state index is 11.4. The Bertz CT molecular complexity index is 304. The summed E-state index contributed by atoms with van der Waals surface area (Å²) in [7, 11) is 0. The SMILES string of the molecule is CC(CCCNC(=O)NCCOC1CCCC1)C(=O)O. The van der Waals surface area contributed by atoms with Crippen molar-refractivity contribution in [2.24, 2.45) is 5.92 Å². The van der Waals surface area contributed by atoms with Gasteiger partial charge in [-0.15, -0.1) is 0 Å². The van der Waals surface area contributed by atoms with Crippen LogP contribution in [0.3, 0.4) is 0 Å². The molecule has 6 nitrogen and oxygen atoms in total. The molecule has 20 heavy (non-hydrogen) atoms. The van der Waals surface area contributed by atoms with Crippen LogP contribution in [0.25, 0.3) is 0 Å². The first kappa shape index (κ1) is 16.8. The van der Waals surface area contributed by atoms with Crippen molar-refractivity contribution in [3.63, 3.8) is 0 Å². The van der Waals surface area contributed by atoms with Crippen molar-refractivity contribution in [1.29, 1.82) is 0 Å². The lowest BCUT2D eigenvalue weighted by molar-refractivity contribution is -0.141. The Hall–Kier alpha value is -1.30. The number of hydrogen-bond acceptors (Lipinski definition) is 3. The van der Waals surface area contributed by atoms with Gasteiger partial charge in [-0.3, -0.25) is 4.79 Å². The number of carboxylic acids is 1. The summed E-state index contributed by atoms with van der Waals surface area (Å²) in [5.74, 6) is -1.15. The van der Waals surface area contributed by atoms with Gasteiger partial charge in [-0.1, -0.05) is 19.8 Å². The lowest BCUT2D eigenvalue weighted by atomic mass is 10.1. The number of rotatable bonds is 9. The van der Waals surface area contributed by atoms with Gasteiger partial charge in [-0.05, 0) is 25.7 Å². The zero-order chi connectivity index (χ0) is 14.8. The van der Waals surface area contributed by atoms with Crippen LogP contribution >= 0.6 is 0 Å². The summed E-state index contributed by atoms with van der Waals surface area (Å²) in [6, 6.07) is -0.219. The molecule has 0 spiro atoms. The number of ether oxygens (including phenoxy) is 1. The van der Waals surface area contributed by atoms with Crippen molar-refractivity contribution in [2.45, 2.75) is 51.6 Å². The largest absolute Gasteiger partial charge is 0.481 e. The zero-order valence-corrected chi connectivity index (χ0v) is 12.2. The molecular formula is C14H26N2O4. The average molecular weight is 286 g/mol. The number of carboxylic acid groups (broad SMARTS) is 1. The Morgan fingerprint density at radius 2 is 1.90 bits per heavy atom. The molecular weight excluding hydrogens is 260 g/mol. The van der Waals surface area contributed by atoms with E-state index in [1.54, 1.807) is 6.92 Å². The molecule has 116 valence electrons. The van der Waals surface area contributed by atoms with E-state index in [2.05, 4.69) is 10.6 Å². The number of nitrogens with one attached hydrogen (secondary N) is 2. The van der Waals surface area contributed by atoms with E-state index in [4.69, 9.17) is 9.84 Å². The van der Waals surface area contributed by atoms with Gasteiger partial charge in [0, 0.05) is 13.1 Å². The Balaban J connectivity index is 1.91. The van der Waals surface area contributed by atoms with Crippen LogP contribution < -0.4 is 10.6 Å². The molecule has 3 N–H and O–H groups in total. The second-order valence-electron chi connectivity index (χ2n) is 5.34. The molecule has 1 atom stereocenters. The van der Waals surface area contributed by atoms with Crippen molar-refractivity contribution in [2.75, 3.05) is 19.7 Å². The summed E-state index contributed by atoms with van der Waals surface area (Å²) in [4.78, 5) is 22.0. The monoisotopic (exact) mass is 286 g/mol. The highest BCUT2D eigenvalue weighted by molar-refractivity contribution is 5.73. The summed E-state index contributed by atoms with van der Waals surface area (Å²) in [6.07, 6.45) is 6.36. The number of carbonyl (C=O) groups excluding carboxylic acids is 1. The van der Waals surface area contributed by atoms with Crippen molar-refractivity contribution >= 4 is 12.0 Å². The Morgan fingerprint density at radius 1 is 1.25 bits per heavy atom. The summed E-state index contributed by atoms with van der Waals surface area (Å²) < 4.78 is 5.63. The second kappa shape index (κ2) is 9.58. The molecule has 0 aromatic heterocycles. The minimum atomic E-state index is -0.793. The number of urea groups is 1. The highest BCUT2D eigenvalue weighted by Gasteiger charge is 2.14. The van der Waals surface area contributed by atoms with Crippen molar-refractivity contribution in [3.8, 4) is 0 Å². The van der Waals surface area contributed by atoms with Crippen LogP contribution in [0.15, 0.2) is 0 Å². The van der Waals surface area contributed by atoms with Gasteiger partial charge in [0.2, 0.25) is 0 Å². The molecule has 0 aromatic rings. The maximum atomic E-state index is 11.4. The van der Waals surface area contributed by atoms with Crippen molar-refractivity contribution < 1.29 is 19.4 Å². The van der Waals surface area contributed by atoms with Gasteiger partial charge >= 0.3 is 12.0 Å². The molecule has 1 aliphatic rings. The third-order valence-electron chi connectivity index (χ3n) is 3.56. The summed E-state index contributed by atoms with van der Waals surface area (Å²) in [5, 5.41) is 14.1. The van der Waals surface area contributed by atoms with Crippen LogP contribution in [-0.4, -0.2) is 42.9 Å². The standard InChI is InChI=1S/C14H26N2O4/c1-11(13(17)18)5-4-8-15-14(19)16-9-10-20-12-6-2-3-7-12/h11-12H,2-10H2,1H3,(H,17,18)(H2,15,16,19). The molecule has 0 saturated heterocycles. The van der Waals surface area contributed by atoms with E-state index in [-0.39, 0.29) is 11.9 Å². The second-order valence-corrected chi connectivity index (χ2v) is 5.34. The molecule has 0 radical (unpaired) electrons. The predicted molar refractivity (Wildman–Crippen MR) is 75.6 cm³/mol. The van der Waals surface area contributed by atoms with Crippen LogP contribution in [0, 0.1) is 5.92 Å². The minimum Gasteiger partial charge on any atom is -0.481 e. The van der Waals surface area contributed by atoms with E-state index in [0.29, 0.717) is 38.6 Å². The van der Waals surface area contributed by atoms with Gasteiger partial charge in [-0.2, -0.15) is 0 Å². The van der Waals surface area contributed by atoms with Crippen molar-refractivity contribution in [3.05, 3.63) is 0 Å². The van der Waals surface area contributed by atoms with Gasteiger partial charge in [0.05, 0.1) is 18.6 Å². The summed E-state index contributed by atoms with van der Waals surface area (Å²) in [6.45, 7) is 3.22. The van der Waals surface area contributed by atoms with Gasteiger partial charge < -0.3 is 20.5 Å². The molecule has 1 rings (SSSR count). The number of amides is 2. The third-order valence-corrected chi connectivity index (χ3v) is 3.56. The van der Waals surface area contributed by atoms with E-state index in [1.807, 2.05) is 0 Å². The van der Waals surface area contributed by atoms with Crippen LogP contribution in [0.4, 0.5) is 4.79 Å². The molecule has 0 bridgehead atoms. The average Bonchev–Trinajstić information content (AvgIpc) is 2.92. The minimum absolute atomic E-state index is 0.219. The topological polar surface area (TPSA) is 87.7 Å². The van der Waals surface area contributed by atoms with Crippen LogP contribution in [-0.2, 0) is 9.53 Å². The Labute approximate surface area is 120 Å². The highest BCUT2D eigenvalue weighted by atomic mass is 16.5. The first-order valence-corrected chi connectivity index (χ1v) is 7.45. The van der Waals surface area contributed by atoms with Crippen molar-refractivity contribution in [1.82, 2.24) is 10.6 Å². The number of carbonyl (C=O) groups is 2. The van der Waals surface area contributed by atoms with Gasteiger partial charge in [0.1, 0.15) is 0 Å².